The molecule has 0 aliphatic carbocycles. The van der Waals surface area contributed by atoms with E-state index in [0.29, 0.717) is 16.6 Å². The average Bonchev–Trinajstić information content (AvgIpc) is 2.61. The first kappa shape index (κ1) is 10.1. The first-order valence-corrected chi connectivity index (χ1v) is 5.92. The van der Waals surface area contributed by atoms with Gasteiger partial charge in [0.05, 0.1) is 12.9 Å². The van der Waals surface area contributed by atoms with Gasteiger partial charge < -0.3 is 0 Å². The first-order chi connectivity index (χ1) is 7.06. The van der Waals surface area contributed by atoms with E-state index in [9.17, 15) is 8.42 Å². The summed E-state index contributed by atoms with van der Waals surface area (Å²) in [4.78, 5) is 0. The zero-order valence-electron chi connectivity index (χ0n) is 7.87. The molecule has 1 aromatic heterocycles. The molecule has 2 rings (SSSR count). The first-order valence-electron chi connectivity index (χ1n) is 4.11. The van der Waals surface area contributed by atoms with Crippen molar-refractivity contribution in [2.45, 2.75) is 6.61 Å². The van der Waals surface area contributed by atoms with Crippen molar-refractivity contribution in [1.29, 1.82) is 0 Å². The second-order valence-electron chi connectivity index (χ2n) is 3.02. The second-order valence-corrected chi connectivity index (χ2v) is 4.66. The molecule has 15 heavy (non-hydrogen) atoms. The molecule has 0 spiro atoms. The second kappa shape index (κ2) is 3.59. The minimum Gasteiger partial charge on any atom is -0.265 e. The molecule has 1 aromatic carbocycles. The largest absolute Gasteiger partial charge is 0.265 e. The van der Waals surface area contributed by atoms with Crippen LogP contribution in [0.4, 0.5) is 0 Å². The fraction of sp³-hybridized carbons (Fsp3) is 0.250. The van der Waals surface area contributed by atoms with Gasteiger partial charge in [-0.1, -0.05) is 12.1 Å². The maximum atomic E-state index is 10.8. The van der Waals surface area contributed by atoms with E-state index in [1.54, 1.807) is 18.2 Å². The molecular weight excluding hydrogens is 220 g/mol. The Hall–Kier alpha value is -1.47. The Kier molecular flexibility index (Phi) is 2.41. The van der Waals surface area contributed by atoms with E-state index < -0.39 is 10.1 Å². The molecular formula is C8H8N2O4S. The van der Waals surface area contributed by atoms with Gasteiger partial charge in [0.1, 0.15) is 11.0 Å². The van der Waals surface area contributed by atoms with Gasteiger partial charge in [-0.2, -0.15) is 8.42 Å². The number of rotatable bonds is 3. The summed E-state index contributed by atoms with van der Waals surface area (Å²) in [7, 11) is -3.45. The summed E-state index contributed by atoms with van der Waals surface area (Å²) in [5.41, 5.74) is 1.71. The fourth-order valence-electron chi connectivity index (χ4n) is 1.15. The van der Waals surface area contributed by atoms with Crippen LogP contribution >= 0.6 is 0 Å². The van der Waals surface area contributed by atoms with E-state index in [2.05, 4.69) is 19.1 Å². The molecule has 80 valence electrons. The SMILES string of the molecule is CS(=O)(=O)OCc1cccc2nonc12. The van der Waals surface area contributed by atoms with Crippen LogP contribution in [0.3, 0.4) is 0 Å². The van der Waals surface area contributed by atoms with Gasteiger partial charge in [-0.05, 0) is 16.4 Å². The molecule has 0 fully saturated rings. The van der Waals surface area contributed by atoms with E-state index in [1.165, 1.54) is 0 Å². The van der Waals surface area contributed by atoms with Gasteiger partial charge in [0.15, 0.2) is 0 Å². The number of fused-ring (bicyclic) bond motifs is 1. The topological polar surface area (TPSA) is 82.3 Å². The molecule has 0 N–H and O–H groups in total. The molecule has 0 bridgehead atoms. The summed E-state index contributed by atoms with van der Waals surface area (Å²) >= 11 is 0. The highest BCUT2D eigenvalue weighted by molar-refractivity contribution is 7.85. The van der Waals surface area contributed by atoms with Gasteiger partial charge in [-0.3, -0.25) is 4.18 Å². The minimum absolute atomic E-state index is 0.0651. The third-order valence-corrected chi connectivity index (χ3v) is 2.34. The summed E-state index contributed by atoms with van der Waals surface area (Å²) in [6.07, 6.45) is 0.994. The number of benzene rings is 1. The lowest BCUT2D eigenvalue weighted by Gasteiger charge is -2.00. The third-order valence-electron chi connectivity index (χ3n) is 1.80. The van der Waals surface area contributed by atoms with E-state index >= 15 is 0 Å². The lowest BCUT2D eigenvalue weighted by Crippen LogP contribution is -2.02. The molecule has 0 saturated heterocycles. The predicted molar refractivity (Wildman–Crippen MR) is 51.4 cm³/mol. The average molecular weight is 228 g/mol. The van der Waals surface area contributed by atoms with Crippen LogP contribution in [0.1, 0.15) is 5.56 Å². The van der Waals surface area contributed by atoms with Gasteiger partial charge >= 0.3 is 0 Å². The third kappa shape index (κ3) is 2.31. The zero-order chi connectivity index (χ0) is 10.9. The Morgan fingerprint density at radius 3 is 2.93 bits per heavy atom. The van der Waals surface area contributed by atoms with Crippen LogP contribution < -0.4 is 0 Å². The maximum Gasteiger partial charge on any atom is 0.264 e. The van der Waals surface area contributed by atoms with E-state index in [-0.39, 0.29) is 6.61 Å². The van der Waals surface area contributed by atoms with Crippen molar-refractivity contribution in [2.75, 3.05) is 6.26 Å². The summed E-state index contributed by atoms with van der Waals surface area (Å²) < 4.78 is 30.8. The van der Waals surface area contributed by atoms with E-state index in [4.69, 9.17) is 0 Å². The van der Waals surface area contributed by atoms with Crippen molar-refractivity contribution < 1.29 is 17.2 Å². The Morgan fingerprint density at radius 2 is 2.20 bits per heavy atom. The molecule has 0 amide bonds. The van der Waals surface area contributed by atoms with E-state index in [0.717, 1.165) is 6.26 Å². The van der Waals surface area contributed by atoms with Crippen LogP contribution in [-0.4, -0.2) is 25.0 Å². The monoisotopic (exact) mass is 228 g/mol. The van der Waals surface area contributed by atoms with Crippen molar-refractivity contribution in [3.05, 3.63) is 23.8 Å². The molecule has 2 aromatic rings. The zero-order valence-corrected chi connectivity index (χ0v) is 8.69. The molecule has 6 nitrogen and oxygen atoms in total. The summed E-state index contributed by atoms with van der Waals surface area (Å²) in [5.74, 6) is 0. The highest BCUT2D eigenvalue weighted by Crippen LogP contribution is 2.15. The number of aromatic nitrogens is 2. The highest BCUT2D eigenvalue weighted by atomic mass is 32.2. The van der Waals surface area contributed by atoms with Crippen molar-refractivity contribution >= 4 is 21.2 Å². The number of nitrogens with zero attached hydrogens (tertiary/aromatic N) is 2. The van der Waals surface area contributed by atoms with Crippen LogP contribution in [-0.2, 0) is 20.9 Å². The van der Waals surface area contributed by atoms with Gasteiger partial charge in [-0.15, -0.1) is 0 Å². The summed E-state index contributed by atoms with van der Waals surface area (Å²) in [6, 6.07) is 5.15. The molecule has 0 atom stereocenters. The van der Waals surface area contributed by atoms with Crippen molar-refractivity contribution in [3.8, 4) is 0 Å². The Balaban J connectivity index is 2.32. The normalized spacial score (nSPS) is 12.1. The smallest absolute Gasteiger partial charge is 0.264 e. The van der Waals surface area contributed by atoms with Crippen molar-refractivity contribution in [2.24, 2.45) is 0 Å². The van der Waals surface area contributed by atoms with Gasteiger partial charge in [-0.25, -0.2) is 4.63 Å². The highest BCUT2D eigenvalue weighted by Gasteiger charge is 2.09. The Morgan fingerprint density at radius 1 is 1.40 bits per heavy atom. The molecule has 0 saturated carbocycles. The molecule has 0 unspecified atom stereocenters. The molecule has 1 heterocycles. The molecule has 0 aliphatic rings. The number of hydrogen-bond donors (Lipinski definition) is 0. The van der Waals surface area contributed by atoms with Crippen LogP contribution in [0.5, 0.6) is 0 Å². The van der Waals surface area contributed by atoms with Crippen molar-refractivity contribution in [3.63, 3.8) is 0 Å². The van der Waals surface area contributed by atoms with Crippen LogP contribution in [0.25, 0.3) is 11.0 Å². The molecule has 0 radical (unpaired) electrons. The van der Waals surface area contributed by atoms with Crippen LogP contribution in [0.2, 0.25) is 0 Å². The quantitative estimate of drug-likeness (QED) is 0.719. The fourth-order valence-corrected chi connectivity index (χ4v) is 1.49. The summed E-state index contributed by atoms with van der Waals surface area (Å²) in [5, 5.41) is 7.29. The van der Waals surface area contributed by atoms with Crippen LogP contribution in [0, 0.1) is 0 Å². The standard InChI is InChI=1S/C8H8N2O4S/c1-15(11,12)13-5-6-3-2-4-7-8(6)10-14-9-7/h2-4H,5H2,1H3. The Bertz CT molecular complexity index is 575. The Labute approximate surface area is 85.9 Å². The number of hydrogen-bond acceptors (Lipinski definition) is 6. The van der Waals surface area contributed by atoms with Crippen molar-refractivity contribution in [1.82, 2.24) is 10.3 Å². The molecule has 0 aliphatic heterocycles. The predicted octanol–water partition coefficient (Wildman–Crippen LogP) is 0.699. The lowest BCUT2D eigenvalue weighted by molar-refractivity contribution is 0.306. The van der Waals surface area contributed by atoms with Gasteiger partial charge in [0, 0.05) is 5.56 Å². The summed E-state index contributed by atoms with van der Waals surface area (Å²) in [6.45, 7) is -0.0651. The lowest BCUT2D eigenvalue weighted by atomic mass is 10.2. The van der Waals surface area contributed by atoms with E-state index in [1.807, 2.05) is 0 Å². The van der Waals surface area contributed by atoms with Gasteiger partial charge in [0.25, 0.3) is 10.1 Å². The van der Waals surface area contributed by atoms with Crippen LogP contribution in [0.15, 0.2) is 22.8 Å². The molecule has 7 heteroatoms. The van der Waals surface area contributed by atoms with Gasteiger partial charge in [0.2, 0.25) is 0 Å². The minimum atomic E-state index is -3.45. The maximum absolute atomic E-state index is 10.8.